The summed E-state index contributed by atoms with van der Waals surface area (Å²) in [4.78, 5) is 22.4. The van der Waals surface area contributed by atoms with Crippen LogP contribution in [0.1, 0.15) is 17.7 Å². The highest BCUT2D eigenvalue weighted by molar-refractivity contribution is 9.10. The second-order valence-electron chi connectivity index (χ2n) is 2.86. The molecule has 82 valence electrons. The number of hydrogen-bond donors (Lipinski definition) is 2. The Kier molecular flexibility index (Phi) is 4.77. The lowest BCUT2D eigenvalue weighted by molar-refractivity contribution is -0.138. The van der Waals surface area contributed by atoms with Gasteiger partial charge in [0.05, 0.1) is 13.0 Å². The molecule has 1 heterocycles. The maximum Gasteiger partial charge on any atom is 0.303 e. The van der Waals surface area contributed by atoms with Crippen LogP contribution in [0.4, 0.5) is 0 Å². The SMILES string of the molecule is O=C(O)CCC(=O)NCc1sccc1Br. The van der Waals surface area contributed by atoms with Crippen molar-refractivity contribution in [2.24, 2.45) is 0 Å². The molecule has 0 aliphatic heterocycles. The first-order chi connectivity index (χ1) is 7.09. The molecule has 0 radical (unpaired) electrons. The van der Waals surface area contributed by atoms with Crippen LogP contribution in [0.2, 0.25) is 0 Å². The summed E-state index contributed by atoms with van der Waals surface area (Å²) in [6, 6.07) is 1.91. The zero-order valence-corrected chi connectivity index (χ0v) is 10.2. The minimum absolute atomic E-state index is 0.0261. The van der Waals surface area contributed by atoms with Crippen LogP contribution < -0.4 is 5.32 Å². The van der Waals surface area contributed by atoms with Gasteiger partial charge in [-0.15, -0.1) is 11.3 Å². The first-order valence-electron chi connectivity index (χ1n) is 4.30. The van der Waals surface area contributed by atoms with Crippen LogP contribution in [0.25, 0.3) is 0 Å². The Hall–Kier alpha value is -0.880. The normalized spacial score (nSPS) is 9.93. The van der Waals surface area contributed by atoms with Gasteiger partial charge in [-0.2, -0.15) is 0 Å². The number of amides is 1. The largest absolute Gasteiger partial charge is 0.481 e. The number of hydrogen-bond acceptors (Lipinski definition) is 3. The van der Waals surface area contributed by atoms with Gasteiger partial charge in [0.1, 0.15) is 0 Å². The van der Waals surface area contributed by atoms with Crippen molar-refractivity contribution in [2.45, 2.75) is 19.4 Å². The third-order valence-electron chi connectivity index (χ3n) is 1.70. The van der Waals surface area contributed by atoms with Crippen LogP contribution in [0, 0.1) is 0 Å². The van der Waals surface area contributed by atoms with Crippen LogP contribution in [0.3, 0.4) is 0 Å². The summed E-state index contributed by atoms with van der Waals surface area (Å²) >= 11 is 4.88. The molecule has 0 aliphatic rings. The minimum atomic E-state index is -0.956. The lowest BCUT2D eigenvalue weighted by atomic mass is 10.3. The number of thiophene rings is 1. The van der Waals surface area contributed by atoms with Crippen LogP contribution in [0.5, 0.6) is 0 Å². The number of aliphatic carboxylic acids is 1. The summed E-state index contributed by atoms with van der Waals surface area (Å²) in [5.74, 6) is -1.19. The monoisotopic (exact) mass is 291 g/mol. The topological polar surface area (TPSA) is 66.4 Å². The fourth-order valence-electron chi connectivity index (χ4n) is 0.939. The van der Waals surface area contributed by atoms with Gasteiger partial charge in [0.15, 0.2) is 0 Å². The van der Waals surface area contributed by atoms with Crippen molar-refractivity contribution >= 4 is 39.1 Å². The highest BCUT2D eigenvalue weighted by atomic mass is 79.9. The number of halogens is 1. The van der Waals surface area contributed by atoms with Gasteiger partial charge in [-0.3, -0.25) is 9.59 Å². The predicted octanol–water partition coefficient (Wildman–Crippen LogP) is 1.99. The summed E-state index contributed by atoms with van der Waals surface area (Å²) in [5, 5.41) is 13.0. The summed E-state index contributed by atoms with van der Waals surface area (Å²) in [6.07, 6.45) is -0.101. The standard InChI is InChI=1S/C9H10BrNO3S/c10-6-3-4-15-7(6)5-11-8(12)1-2-9(13)14/h3-4H,1-2,5H2,(H,11,12)(H,13,14). The summed E-state index contributed by atoms with van der Waals surface area (Å²) in [7, 11) is 0. The Bertz CT molecular complexity index is 364. The van der Waals surface area contributed by atoms with E-state index in [2.05, 4.69) is 21.2 Å². The molecule has 0 atom stereocenters. The van der Waals surface area contributed by atoms with Crippen LogP contribution in [-0.2, 0) is 16.1 Å². The Morgan fingerprint density at radius 3 is 2.73 bits per heavy atom. The molecule has 0 bridgehead atoms. The smallest absolute Gasteiger partial charge is 0.303 e. The molecule has 0 aliphatic carbocycles. The first-order valence-corrected chi connectivity index (χ1v) is 5.97. The van der Waals surface area contributed by atoms with Crippen LogP contribution in [-0.4, -0.2) is 17.0 Å². The zero-order valence-electron chi connectivity index (χ0n) is 7.83. The van der Waals surface area contributed by atoms with E-state index in [0.717, 1.165) is 9.35 Å². The summed E-state index contributed by atoms with van der Waals surface area (Å²) in [6.45, 7) is 0.441. The van der Waals surface area contributed by atoms with Crippen molar-refractivity contribution in [3.63, 3.8) is 0 Å². The van der Waals surface area contributed by atoms with E-state index < -0.39 is 5.97 Å². The van der Waals surface area contributed by atoms with Gasteiger partial charge in [-0.05, 0) is 27.4 Å². The van der Waals surface area contributed by atoms with E-state index in [1.165, 1.54) is 11.3 Å². The Morgan fingerprint density at radius 1 is 1.47 bits per heavy atom. The fourth-order valence-corrected chi connectivity index (χ4v) is 2.37. The van der Waals surface area contributed by atoms with E-state index in [1.54, 1.807) is 0 Å². The molecule has 1 rings (SSSR count). The van der Waals surface area contributed by atoms with E-state index >= 15 is 0 Å². The number of rotatable bonds is 5. The van der Waals surface area contributed by atoms with Gasteiger partial charge < -0.3 is 10.4 Å². The van der Waals surface area contributed by atoms with Crippen molar-refractivity contribution in [3.8, 4) is 0 Å². The molecule has 0 fully saturated rings. The maximum absolute atomic E-state index is 11.2. The van der Waals surface area contributed by atoms with Gasteiger partial charge in [0.2, 0.25) is 5.91 Å². The molecular weight excluding hydrogens is 282 g/mol. The maximum atomic E-state index is 11.2. The van der Waals surface area contributed by atoms with Crippen molar-refractivity contribution in [3.05, 3.63) is 20.8 Å². The van der Waals surface area contributed by atoms with E-state index in [0.29, 0.717) is 6.54 Å². The van der Waals surface area contributed by atoms with Crippen LogP contribution >= 0.6 is 27.3 Å². The lowest BCUT2D eigenvalue weighted by Gasteiger charge is -2.02. The highest BCUT2D eigenvalue weighted by Crippen LogP contribution is 2.22. The molecule has 0 spiro atoms. The second-order valence-corrected chi connectivity index (χ2v) is 4.72. The number of carboxylic acids is 1. The van der Waals surface area contributed by atoms with Gasteiger partial charge in [-0.25, -0.2) is 0 Å². The average molecular weight is 292 g/mol. The third-order valence-corrected chi connectivity index (χ3v) is 3.63. The average Bonchev–Trinajstić information content (AvgIpc) is 2.58. The van der Waals surface area contributed by atoms with Gasteiger partial charge in [0.25, 0.3) is 0 Å². The molecule has 0 unspecified atom stereocenters. The highest BCUT2D eigenvalue weighted by Gasteiger charge is 2.06. The third kappa shape index (κ3) is 4.44. The van der Waals surface area contributed by atoms with Crippen molar-refractivity contribution < 1.29 is 14.7 Å². The van der Waals surface area contributed by atoms with E-state index in [1.807, 2.05) is 11.4 Å². The second kappa shape index (κ2) is 5.87. The fraction of sp³-hybridized carbons (Fsp3) is 0.333. The van der Waals surface area contributed by atoms with Gasteiger partial charge in [-0.1, -0.05) is 0 Å². The molecule has 1 aromatic heterocycles. The van der Waals surface area contributed by atoms with Gasteiger partial charge >= 0.3 is 5.97 Å². The molecular formula is C9H10BrNO3S. The zero-order chi connectivity index (χ0) is 11.3. The minimum Gasteiger partial charge on any atom is -0.481 e. The molecule has 15 heavy (non-hydrogen) atoms. The van der Waals surface area contributed by atoms with Crippen molar-refractivity contribution in [1.82, 2.24) is 5.32 Å². The molecule has 0 saturated carbocycles. The number of carbonyl (C=O) groups is 2. The molecule has 1 amide bonds. The molecule has 2 N–H and O–H groups in total. The summed E-state index contributed by atoms with van der Waals surface area (Å²) in [5.41, 5.74) is 0. The molecule has 1 aromatic rings. The number of carbonyl (C=O) groups excluding carboxylic acids is 1. The lowest BCUT2D eigenvalue weighted by Crippen LogP contribution is -2.22. The predicted molar refractivity (Wildman–Crippen MR) is 60.7 cm³/mol. The number of nitrogens with one attached hydrogen (secondary N) is 1. The summed E-state index contributed by atoms with van der Waals surface area (Å²) < 4.78 is 0.964. The van der Waals surface area contributed by atoms with Gasteiger partial charge in [0, 0.05) is 15.8 Å². The quantitative estimate of drug-likeness (QED) is 0.872. The van der Waals surface area contributed by atoms with E-state index in [-0.39, 0.29) is 18.7 Å². The van der Waals surface area contributed by atoms with E-state index in [9.17, 15) is 9.59 Å². The van der Waals surface area contributed by atoms with Crippen LogP contribution in [0.15, 0.2) is 15.9 Å². The Labute approximate surface area is 99.4 Å². The van der Waals surface area contributed by atoms with Crippen molar-refractivity contribution in [2.75, 3.05) is 0 Å². The van der Waals surface area contributed by atoms with E-state index in [4.69, 9.17) is 5.11 Å². The first kappa shape index (κ1) is 12.2. The molecule has 6 heteroatoms. The molecule has 0 saturated heterocycles. The molecule has 4 nitrogen and oxygen atoms in total. The molecule has 0 aromatic carbocycles. The van der Waals surface area contributed by atoms with Crippen molar-refractivity contribution in [1.29, 1.82) is 0 Å². The Morgan fingerprint density at radius 2 is 2.20 bits per heavy atom. The number of carboxylic acid groups (broad SMARTS) is 1. The Balaban J connectivity index is 2.28.